The van der Waals surface area contributed by atoms with Crippen molar-refractivity contribution in [2.45, 2.75) is 59.0 Å². The van der Waals surface area contributed by atoms with Crippen molar-refractivity contribution in [1.29, 1.82) is 5.26 Å². The van der Waals surface area contributed by atoms with E-state index >= 15 is 0 Å². The Bertz CT molecular complexity index is 421. The van der Waals surface area contributed by atoms with Crippen molar-refractivity contribution in [3.8, 4) is 6.07 Å². The number of nitriles is 1. The van der Waals surface area contributed by atoms with Crippen LogP contribution in [0.25, 0.3) is 0 Å². The minimum absolute atomic E-state index is 0.335. The lowest BCUT2D eigenvalue weighted by Gasteiger charge is -2.35. The van der Waals surface area contributed by atoms with E-state index in [0.29, 0.717) is 31.7 Å². The van der Waals surface area contributed by atoms with E-state index in [9.17, 15) is 0 Å². The average Bonchev–Trinajstić information content (AvgIpc) is 2.95. The molecule has 1 heterocycles. The summed E-state index contributed by atoms with van der Waals surface area (Å²) in [6.45, 7) is 9.60. The zero-order valence-electron chi connectivity index (χ0n) is 14.0. The molecule has 1 rings (SSSR count). The molecule has 0 amide bonds. The number of hydrogen-bond donors (Lipinski definition) is 0. The molecule has 1 aromatic rings. The summed E-state index contributed by atoms with van der Waals surface area (Å²) in [5.41, 5.74) is 1.18. The van der Waals surface area contributed by atoms with Gasteiger partial charge in [-0.05, 0) is 52.2 Å². The van der Waals surface area contributed by atoms with Crippen LogP contribution in [0, 0.1) is 11.3 Å². The molecule has 6 heteroatoms. The van der Waals surface area contributed by atoms with Crippen LogP contribution in [-0.4, -0.2) is 30.0 Å². The summed E-state index contributed by atoms with van der Waals surface area (Å²) in [5.74, 6) is 0. The molecule has 0 N–H and O–H groups in total. The minimum atomic E-state index is -1.12. The van der Waals surface area contributed by atoms with E-state index in [4.69, 9.17) is 18.7 Å². The van der Waals surface area contributed by atoms with E-state index in [-0.39, 0.29) is 0 Å². The summed E-state index contributed by atoms with van der Waals surface area (Å²) in [5, 5.41) is 8.67. The number of hydrogen-bond acceptors (Lipinski definition) is 5. The Hall–Kier alpha value is -0.920. The van der Waals surface area contributed by atoms with Gasteiger partial charge in [0.05, 0.1) is 38.2 Å². The Balaban J connectivity index is 2.47. The van der Waals surface area contributed by atoms with Crippen molar-refractivity contribution in [3.05, 3.63) is 24.2 Å². The lowest BCUT2D eigenvalue weighted by molar-refractivity contribution is 0.175. The van der Waals surface area contributed by atoms with Crippen molar-refractivity contribution in [2.75, 3.05) is 13.2 Å². The molecule has 0 bridgehead atoms. The zero-order chi connectivity index (χ0) is 16.4. The van der Waals surface area contributed by atoms with Gasteiger partial charge in [0.15, 0.2) is 0 Å². The van der Waals surface area contributed by atoms with Crippen molar-refractivity contribution >= 4 is 8.53 Å². The highest BCUT2D eigenvalue weighted by atomic mass is 31.2. The lowest BCUT2D eigenvalue weighted by atomic mass is 10.2. The standard InChI is InChI=1S/C16H27N2O3P/c1-14(2)18(15(3)4)22(21-11-6-9-17)20-10-5-7-16-8-12-19-13-16/h8,12-15H,5-7,10-11H2,1-4H3. The fourth-order valence-corrected chi connectivity index (χ4v) is 3.80. The van der Waals surface area contributed by atoms with E-state index in [0.717, 1.165) is 12.8 Å². The van der Waals surface area contributed by atoms with Crippen LogP contribution in [0.15, 0.2) is 23.0 Å². The summed E-state index contributed by atoms with van der Waals surface area (Å²) in [6.07, 6.45) is 5.70. The van der Waals surface area contributed by atoms with Gasteiger partial charge in [-0.3, -0.25) is 0 Å². The molecule has 1 unspecified atom stereocenters. The highest BCUT2D eigenvalue weighted by Gasteiger charge is 2.26. The molecule has 1 atom stereocenters. The van der Waals surface area contributed by atoms with E-state index in [1.807, 2.05) is 6.07 Å². The topological polar surface area (TPSA) is 58.6 Å². The smallest absolute Gasteiger partial charge is 0.259 e. The van der Waals surface area contributed by atoms with Crippen molar-refractivity contribution < 1.29 is 13.5 Å². The van der Waals surface area contributed by atoms with Gasteiger partial charge in [-0.1, -0.05) is 0 Å². The van der Waals surface area contributed by atoms with Gasteiger partial charge in [0, 0.05) is 12.1 Å². The first-order valence-corrected chi connectivity index (χ1v) is 8.91. The van der Waals surface area contributed by atoms with Crippen molar-refractivity contribution in [3.63, 3.8) is 0 Å². The second-order valence-electron chi connectivity index (χ2n) is 5.62. The van der Waals surface area contributed by atoms with Crippen LogP contribution >= 0.6 is 8.53 Å². The summed E-state index contributed by atoms with van der Waals surface area (Å²) >= 11 is 0. The second-order valence-corrected chi connectivity index (χ2v) is 7.07. The second kappa shape index (κ2) is 10.7. The molecule has 0 radical (unpaired) electrons. The molecule has 22 heavy (non-hydrogen) atoms. The fraction of sp³-hybridized carbons (Fsp3) is 0.688. The van der Waals surface area contributed by atoms with Crippen LogP contribution in [-0.2, 0) is 15.5 Å². The van der Waals surface area contributed by atoms with Gasteiger partial charge in [-0.25, -0.2) is 4.67 Å². The maximum Gasteiger partial charge on any atom is 0.259 e. The first kappa shape index (κ1) is 19.1. The third kappa shape index (κ3) is 6.89. The Morgan fingerprint density at radius 1 is 1.23 bits per heavy atom. The van der Waals surface area contributed by atoms with Gasteiger partial charge in [0.2, 0.25) is 0 Å². The molecule has 0 saturated heterocycles. The van der Waals surface area contributed by atoms with Crippen molar-refractivity contribution in [2.24, 2.45) is 0 Å². The number of rotatable bonds is 11. The largest absolute Gasteiger partial charge is 0.472 e. The van der Waals surface area contributed by atoms with Crippen LogP contribution < -0.4 is 0 Å². The minimum Gasteiger partial charge on any atom is -0.472 e. The SMILES string of the molecule is CC(C)N(C(C)C)P(OCCC#N)OCCCc1ccoc1. The van der Waals surface area contributed by atoms with Gasteiger partial charge in [-0.2, -0.15) is 5.26 Å². The molecule has 5 nitrogen and oxygen atoms in total. The predicted octanol–water partition coefficient (Wildman–Crippen LogP) is 4.50. The van der Waals surface area contributed by atoms with E-state index in [1.54, 1.807) is 12.5 Å². The summed E-state index contributed by atoms with van der Waals surface area (Å²) < 4.78 is 19.1. The molecule has 124 valence electrons. The molecule has 0 aliphatic carbocycles. The number of nitrogens with zero attached hydrogens (tertiary/aromatic N) is 2. The molecular weight excluding hydrogens is 299 g/mol. The number of furan rings is 1. The predicted molar refractivity (Wildman–Crippen MR) is 88.2 cm³/mol. The van der Waals surface area contributed by atoms with E-state index in [1.165, 1.54) is 5.56 Å². The fourth-order valence-electron chi connectivity index (χ4n) is 2.17. The summed E-state index contributed by atoms with van der Waals surface area (Å²) in [6, 6.07) is 4.75. The van der Waals surface area contributed by atoms with Gasteiger partial charge in [0.25, 0.3) is 8.53 Å². The Morgan fingerprint density at radius 3 is 2.45 bits per heavy atom. The van der Waals surface area contributed by atoms with Gasteiger partial charge < -0.3 is 13.5 Å². The van der Waals surface area contributed by atoms with Crippen LogP contribution in [0.1, 0.15) is 46.1 Å². The van der Waals surface area contributed by atoms with E-state index in [2.05, 4.69) is 38.4 Å². The Kier molecular flexibility index (Phi) is 9.34. The van der Waals surface area contributed by atoms with Gasteiger partial charge in [0.1, 0.15) is 0 Å². The van der Waals surface area contributed by atoms with Gasteiger partial charge >= 0.3 is 0 Å². The summed E-state index contributed by atoms with van der Waals surface area (Å²) in [4.78, 5) is 0. The van der Waals surface area contributed by atoms with E-state index < -0.39 is 8.53 Å². The van der Waals surface area contributed by atoms with Crippen LogP contribution in [0.3, 0.4) is 0 Å². The molecular formula is C16H27N2O3P. The third-order valence-electron chi connectivity index (χ3n) is 3.05. The first-order chi connectivity index (χ1) is 10.6. The third-order valence-corrected chi connectivity index (χ3v) is 5.16. The highest BCUT2D eigenvalue weighted by molar-refractivity contribution is 7.44. The molecule has 1 aromatic heterocycles. The van der Waals surface area contributed by atoms with Crippen LogP contribution in [0.4, 0.5) is 0 Å². The maximum absolute atomic E-state index is 8.67. The normalized spacial score (nSPS) is 13.0. The monoisotopic (exact) mass is 326 g/mol. The Morgan fingerprint density at radius 2 is 1.91 bits per heavy atom. The molecule has 0 aromatic carbocycles. The number of aryl methyl sites for hydroxylation is 1. The van der Waals surface area contributed by atoms with Crippen LogP contribution in [0.5, 0.6) is 0 Å². The summed E-state index contributed by atoms with van der Waals surface area (Å²) in [7, 11) is -1.12. The highest BCUT2D eigenvalue weighted by Crippen LogP contribution is 2.46. The van der Waals surface area contributed by atoms with Gasteiger partial charge in [-0.15, -0.1) is 0 Å². The first-order valence-electron chi connectivity index (χ1n) is 7.78. The molecule has 0 spiro atoms. The molecule has 0 aliphatic heterocycles. The molecule has 0 saturated carbocycles. The van der Waals surface area contributed by atoms with Crippen LogP contribution in [0.2, 0.25) is 0 Å². The zero-order valence-corrected chi connectivity index (χ0v) is 14.9. The lowest BCUT2D eigenvalue weighted by Crippen LogP contribution is -2.33. The maximum atomic E-state index is 8.67. The Labute approximate surface area is 135 Å². The average molecular weight is 326 g/mol. The van der Waals surface area contributed by atoms with Crippen molar-refractivity contribution in [1.82, 2.24) is 4.67 Å². The molecule has 0 fully saturated rings. The molecule has 0 aliphatic rings. The quantitative estimate of drug-likeness (QED) is 0.442.